The molecule has 0 aliphatic carbocycles. The van der Waals surface area contributed by atoms with E-state index in [2.05, 4.69) is 193 Å². The molecule has 0 bridgehead atoms. The Morgan fingerprint density at radius 2 is 0.746 bits per heavy atom. The molecule has 0 saturated heterocycles. The summed E-state index contributed by atoms with van der Waals surface area (Å²) < 4.78 is 2.45. The fourth-order valence-corrected chi connectivity index (χ4v) is 9.10. The fourth-order valence-electron chi connectivity index (χ4n) is 9.10. The van der Waals surface area contributed by atoms with Crippen molar-refractivity contribution in [2.45, 2.75) is 0 Å². The molecule has 2 heterocycles. The Hall–Kier alpha value is -7.95. The molecule has 0 aliphatic heterocycles. The molecule has 4 heteroatoms. The topological polar surface area (TPSA) is 43.6 Å². The summed E-state index contributed by atoms with van der Waals surface area (Å²) in [4.78, 5) is 15.5. The number of hydrogen-bond donors (Lipinski definition) is 0. The minimum atomic E-state index is 0.632. The first kappa shape index (κ1) is 33.2. The third kappa shape index (κ3) is 5.34. The van der Waals surface area contributed by atoms with Gasteiger partial charge in [0, 0.05) is 32.8 Å². The highest BCUT2D eigenvalue weighted by Crippen LogP contribution is 2.43. The van der Waals surface area contributed by atoms with E-state index < -0.39 is 0 Å². The molecule has 0 atom stereocenters. The Morgan fingerprint density at radius 1 is 0.271 bits per heavy atom. The van der Waals surface area contributed by atoms with Gasteiger partial charge in [0.05, 0.1) is 16.7 Å². The highest BCUT2D eigenvalue weighted by Gasteiger charge is 2.21. The van der Waals surface area contributed by atoms with E-state index in [0.717, 1.165) is 38.7 Å². The summed E-state index contributed by atoms with van der Waals surface area (Å²) in [5.74, 6) is 1.90. The third-order valence-electron chi connectivity index (χ3n) is 11.8. The molecule has 0 fully saturated rings. The van der Waals surface area contributed by atoms with Crippen LogP contribution in [0.1, 0.15) is 0 Å². The van der Waals surface area contributed by atoms with Crippen molar-refractivity contribution in [3.8, 4) is 51.0 Å². The fraction of sp³-hybridized carbons (Fsp3) is 0. The molecule has 274 valence electrons. The first-order valence-electron chi connectivity index (χ1n) is 20.0. The van der Waals surface area contributed by atoms with Gasteiger partial charge < -0.3 is 4.57 Å². The lowest BCUT2D eigenvalue weighted by molar-refractivity contribution is 1.08. The second-order valence-corrected chi connectivity index (χ2v) is 15.2. The van der Waals surface area contributed by atoms with E-state index in [1.807, 2.05) is 18.2 Å². The minimum Gasteiger partial charge on any atom is -0.309 e. The predicted molar refractivity (Wildman–Crippen MR) is 246 cm³/mol. The quantitative estimate of drug-likeness (QED) is 0.176. The average molecular weight is 751 g/mol. The van der Waals surface area contributed by atoms with Gasteiger partial charge in [0.15, 0.2) is 17.5 Å². The summed E-state index contributed by atoms with van der Waals surface area (Å²) in [6, 6.07) is 73.4. The SMILES string of the molecule is c1ccc(-c2nc(-c3ccc(-c4cccc5ccccc45)cc3)nc(-c3ccc(-n4c5ccc6ccccc6c5c5c6ccccc6ccc54)c4ccccc34)n2)cc1. The largest absolute Gasteiger partial charge is 0.309 e. The molecule has 0 unspecified atom stereocenters. The van der Waals surface area contributed by atoms with Gasteiger partial charge in [-0.3, -0.25) is 0 Å². The minimum absolute atomic E-state index is 0.632. The van der Waals surface area contributed by atoms with E-state index in [1.165, 1.54) is 59.7 Å². The van der Waals surface area contributed by atoms with Crippen molar-refractivity contribution in [3.63, 3.8) is 0 Å². The molecular weight excluding hydrogens is 717 g/mol. The summed E-state index contributed by atoms with van der Waals surface area (Å²) in [7, 11) is 0. The first-order valence-corrected chi connectivity index (χ1v) is 20.0. The van der Waals surface area contributed by atoms with E-state index in [4.69, 9.17) is 15.0 Å². The van der Waals surface area contributed by atoms with Crippen LogP contribution in [-0.2, 0) is 0 Å². The van der Waals surface area contributed by atoms with Crippen molar-refractivity contribution >= 4 is 64.9 Å². The van der Waals surface area contributed by atoms with Crippen molar-refractivity contribution < 1.29 is 0 Å². The monoisotopic (exact) mass is 750 g/mol. The zero-order valence-electron chi connectivity index (χ0n) is 31.9. The van der Waals surface area contributed by atoms with Crippen molar-refractivity contribution in [1.29, 1.82) is 0 Å². The van der Waals surface area contributed by atoms with E-state index in [9.17, 15) is 0 Å². The highest BCUT2D eigenvalue weighted by molar-refractivity contribution is 6.29. The van der Waals surface area contributed by atoms with E-state index >= 15 is 0 Å². The van der Waals surface area contributed by atoms with Gasteiger partial charge in [-0.25, -0.2) is 15.0 Å². The number of fused-ring (bicyclic) bond motifs is 9. The maximum Gasteiger partial charge on any atom is 0.164 e. The van der Waals surface area contributed by atoms with Crippen LogP contribution in [0, 0.1) is 0 Å². The molecule has 12 rings (SSSR count). The number of rotatable bonds is 5. The van der Waals surface area contributed by atoms with Gasteiger partial charge in [0.25, 0.3) is 0 Å². The molecular formula is C55H34N4. The third-order valence-corrected chi connectivity index (χ3v) is 11.8. The van der Waals surface area contributed by atoms with Crippen LogP contribution in [0.5, 0.6) is 0 Å². The second kappa shape index (κ2) is 13.3. The van der Waals surface area contributed by atoms with Crippen LogP contribution in [0.3, 0.4) is 0 Å². The summed E-state index contributed by atoms with van der Waals surface area (Å²) in [5.41, 5.74) is 8.63. The lowest BCUT2D eigenvalue weighted by Crippen LogP contribution is -2.02. The maximum absolute atomic E-state index is 5.23. The molecule has 0 amide bonds. The van der Waals surface area contributed by atoms with E-state index in [0.29, 0.717) is 17.5 Å². The zero-order chi connectivity index (χ0) is 38.9. The average Bonchev–Trinajstić information content (AvgIpc) is 3.66. The Morgan fingerprint density at radius 3 is 1.39 bits per heavy atom. The molecule has 0 radical (unpaired) electrons. The number of benzene rings is 10. The molecule has 59 heavy (non-hydrogen) atoms. The van der Waals surface area contributed by atoms with Gasteiger partial charge in [0.2, 0.25) is 0 Å². The number of nitrogens with zero attached hydrogens (tertiary/aromatic N) is 4. The van der Waals surface area contributed by atoms with Gasteiger partial charge >= 0.3 is 0 Å². The van der Waals surface area contributed by atoms with Gasteiger partial charge in [-0.2, -0.15) is 0 Å². The Balaban J connectivity index is 1.06. The molecule has 0 N–H and O–H groups in total. The Kier molecular flexibility index (Phi) is 7.50. The summed E-state index contributed by atoms with van der Waals surface area (Å²) in [6.07, 6.45) is 0. The predicted octanol–water partition coefficient (Wildman–Crippen LogP) is 14.2. The highest BCUT2D eigenvalue weighted by atomic mass is 15.0. The first-order chi connectivity index (χ1) is 29.3. The summed E-state index contributed by atoms with van der Waals surface area (Å²) >= 11 is 0. The second-order valence-electron chi connectivity index (χ2n) is 15.2. The molecule has 0 saturated carbocycles. The smallest absolute Gasteiger partial charge is 0.164 e. The zero-order valence-corrected chi connectivity index (χ0v) is 31.9. The maximum atomic E-state index is 5.23. The Labute approximate surface area is 340 Å². The van der Waals surface area contributed by atoms with Gasteiger partial charge in [-0.1, -0.05) is 182 Å². The Bertz CT molecular complexity index is 3510. The summed E-state index contributed by atoms with van der Waals surface area (Å²) in [5, 5.41) is 12.1. The van der Waals surface area contributed by atoms with Gasteiger partial charge in [-0.05, 0) is 73.1 Å². The van der Waals surface area contributed by atoms with Crippen LogP contribution in [0.2, 0.25) is 0 Å². The molecule has 10 aromatic carbocycles. The molecule has 12 aromatic rings. The molecule has 2 aromatic heterocycles. The van der Waals surface area contributed by atoms with Gasteiger partial charge in [0.1, 0.15) is 0 Å². The van der Waals surface area contributed by atoms with Crippen LogP contribution >= 0.6 is 0 Å². The molecule has 4 nitrogen and oxygen atoms in total. The van der Waals surface area contributed by atoms with Crippen LogP contribution in [0.4, 0.5) is 0 Å². The van der Waals surface area contributed by atoms with Crippen molar-refractivity contribution in [2.24, 2.45) is 0 Å². The van der Waals surface area contributed by atoms with Crippen LogP contribution < -0.4 is 0 Å². The van der Waals surface area contributed by atoms with Crippen molar-refractivity contribution in [2.75, 3.05) is 0 Å². The van der Waals surface area contributed by atoms with Crippen molar-refractivity contribution in [3.05, 3.63) is 206 Å². The lowest BCUT2D eigenvalue weighted by atomic mass is 9.97. The standard InChI is InChI=1S/C55H34N4/c1-2-16-39(17-3-1)53-56-54(40-27-25-38(26-28-40)42-24-12-18-35-13-4-7-19-41(35)42)58-55(57-53)47-31-34-48(46-23-11-10-22-45(46)47)59-49-32-29-36-14-5-8-20-43(36)51(49)52-44-21-9-6-15-37(44)30-33-50(52)59/h1-34H. The van der Waals surface area contributed by atoms with Crippen LogP contribution in [0.15, 0.2) is 206 Å². The van der Waals surface area contributed by atoms with E-state index in [1.54, 1.807) is 0 Å². The number of hydrogen-bond acceptors (Lipinski definition) is 3. The normalized spacial score (nSPS) is 11.7. The number of aromatic nitrogens is 4. The molecule has 0 aliphatic rings. The van der Waals surface area contributed by atoms with Crippen LogP contribution in [-0.4, -0.2) is 19.5 Å². The van der Waals surface area contributed by atoms with E-state index in [-0.39, 0.29) is 0 Å². The molecule has 0 spiro atoms. The van der Waals surface area contributed by atoms with Crippen molar-refractivity contribution in [1.82, 2.24) is 19.5 Å². The summed E-state index contributed by atoms with van der Waals surface area (Å²) in [6.45, 7) is 0. The van der Waals surface area contributed by atoms with Gasteiger partial charge in [-0.15, -0.1) is 0 Å². The lowest BCUT2D eigenvalue weighted by Gasteiger charge is -2.15. The van der Waals surface area contributed by atoms with Crippen LogP contribution in [0.25, 0.3) is 116 Å².